The van der Waals surface area contributed by atoms with Gasteiger partial charge in [-0.3, -0.25) is 4.68 Å². The molecule has 1 aliphatic rings. The second kappa shape index (κ2) is 7.09. The first-order valence-electron chi connectivity index (χ1n) is 7.98. The second-order valence-corrected chi connectivity index (χ2v) is 5.86. The van der Waals surface area contributed by atoms with Crippen LogP contribution in [0.4, 0.5) is 0 Å². The van der Waals surface area contributed by atoms with Crippen LogP contribution in [0.25, 0.3) is 0 Å². The third kappa shape index (κ3) is 3.59. The molecule has 0 saturated heterocycles. The third-order valence-electron chi connectivity index (χ3n) is 4.58. The maximum absolute atomic E-state index is 4.68. The first-order chi connectivity index (χ1) is 9.28. The van der Waals surface area contributed by atoms with Crippen LogP contribution in [0.3, 0.4) is 0 Å². The van der Waals surface area contributed by atoms with Crippen molar-refractivity contribution in [3.05, 3.63) is 17.5 Å². The minimum Gasteiger partial charge on any atom is -0.319 e. The number of aryl methyl sites for hydroxylation is 2. The van der Waals surface area contributed by atoms with Crippen molar-refractivity contribution >= 4 is 0 Å². The number of hydrogen-bond donors (Lipinski definition) is 1. The van der Waals surface area contributed by atoms with Crippen LogP contribution >= 0.6 is 0 Å². The smallest absolute Gasteiger partial charge is 0.0624 e. The zero-order valence-electron chi connectivity index (χ0n) is 12.8. The first-order valence-corrected chi connectivity index (χ1v) is 7.98. The molecule has 1 N–H and O–H groups in total. The van der Waals surface area contributed by atoms with E-state index in [1.165, 1.54) is 50.0 Å². The number of aromatic nitrogens is 2. The molecular formula is C16H29N3. The zero-order chi connectivity index (χ0) is 13.7. The van der Waals surface area contributed by atoms with Gasteiger partial charge in [-0.2, -0.15) is 5.10 Å². The van der Waals surface area contributed by atoms with Crippen LogP contribution in [0.2, 0.25) is 0 Å². The zero-order valence-corrected chi connectivity index (χ0v) is 12.8. The molecule has 19 heavy (non-hydrogen) atoms. The lowest BCUT2D eigenvalue weighted by molar-refractivity contribution is 0.228. The van der Waals surface area contributed by atoms with Crippen molar-refractivity contribution in [1.82, 2.24) is 15.1 Å². The lowest BCUT2D eigenvalue weighted by Gasteiger charge is -2.31. The van der Waals surface area contributed by atoms with Crippen LogP contribution in [0.15, 0.2) is 6.07 Å². The summed E-state index contributed by atoms with van der Waals surface area (Å²) in [5.74, 6) is 1.69. The first kappa shape index (κ1) is 14.6. The summed E-state index contributed by atoms with van der Waals surface area (Å²) in [6.45, 7) is 6.56. The number of rotatable bonds is 6. The van der Waals surface area contributed by atoms with Gasteiger partial charge in [-0.05, 0) is 64.1 Å². The van der Waals surface area contributed by atoms with Gasteiger partial charge in [0.25, 0.3) is 0 Å². The Hall–Kier alpha value is -0.830. The molecule has 2 atom stereocenters. The lowest BCUT2D eigenvalue weighted by Crippen LogP contribution is -2.30. The van der Waals surface area contributed by atoms with Crippen LogP contribution in [0, 0.1) is 11.8 Å². The molecule has 1 aromatic rings. The monoisotopic (exact) mass is 263 g/mol. The summed E-state index contributed by atoms with van der Waals surface area (Å²) in [7, 11) is 2.08. The van der Waals surface area contributed by atoms with E-state index in [0.29, 0.717) is 0 Å². The Morgan fingerprint density at radius 3 is 2.63 bits per heavy atom. The van der Waals surface area contributed by atoms with Crippen molar-refractivity contribution in [3.63, 3.8) is 0 Å². The van der Waals surface area contributed by atoms with E-state index in [1.54, 1.807) is 0 Å². The van der Waals surface area contributed by atoms with Gasteiger partial charge in [0, 0.05) is 12.2 Å². The van der Waals surface area contributed by atoms with Crippen molar-refractivity contribution in [2.75, 3.05) is 13.6 Å². The Kier molecular flexibility index (Phi) is 5.44. The molecule has 2 unspecified atom stereocenters. The van der Waals surface area contributed by atoms with Gasteiger partial charge in [-0.1, -0.05) is 19.8 Å². The van der Waals surface area contributed by atoms with Gasteiger partial charge in [0.15, 0.2) is 0 Å². The molecule has 1 heterocycles. The molecule has 1 fully saturated rings. The number of hydrogen-bond acceptors (Lipinski definition) is 2. The van der Waals surface area contributed by atoms with E-state index in [0.717, 1.165) is 24.8 Å². The summed E-state index contributed by atoms with van der Waals surface area (Å²) in [5, 5.41) is 8.06. The lowest BCUT2D eigenvalue weighted by atomic mass is 9.77. The van der Waals surface area contributed by atoms with Gasteiger partial charge in [-0.15, -0.1) is 0 Å². The minimum absolute atomic E-state index is 0.841. The van der Waals surface area contributed by atoms with Crippen molar-refractivity contribution in [1.29, 1.82) is 0 Å². The Morgan fingerprint density at radius 1 is 1.26 bits per heavy atom. The van der Waals surface area contributed by atoms with Crippen LogP contribution in [0.5, 0.6) is 0 Å². The van der Waals surface area contributed by atoms with E-state index >= 15 is 0 Å². The second-order valence-electron chi connectivity index (χ2n) is 5.86. The highest BCUT2D eigenvalue weighted by Crippen LogP contribution is 2.32. The van der Waals surface area contributed by atoms with Crippen LogP contribution in [-0.2, 0) is 19.4 Å². The third-order valence-corrected chi connectivity index (χ3v) is 4.58. The van der Waals surface area contributed by atoms with E-state index in [4.69, 9.17) is 0 Å². The molecule has 0 aliphatic heterocycles. The maximum atomic E-state index is 4.68. The average molecular weight is 263 g/mol. The van der Waals surface area contributed by atoms with Crippen LogP contribution in [0.1, 0.15) is 50.9 Å². The van der Waals surface area contributed by atoms with E-state index in [-0.39, 0.29) is 0 Å². The van der Waals surface area contributed by atoms with Gasteiger partial charge in [0.1, 0.15) is 0 Å². The van der Waals surface area contributed by atoms with Crippen molar-refractivity contribution in [3.8, 4) is 0 Å². The minimum atomic E-state index is 0.841. The summed E-state index contributed by atoms with van der Waals surface area (Å²) in [4.78, 5) is 0. The standard InChI is InChI=1S/C16H29N3/c1-4-15-11-16(19(5-2)18-15)10-13-8-6-7-9-14(13)12-17-3/h11,13-14,17H,4-10,12H2,1-3H3. The Morgan fingerprint density at radius 2 is 2.00 bits per heavy atom. The highest BCUT2D eigenvalue weighted by atomic mass is 15.3. The van der Waals surface area contributed by atoms with Gasteiger partial charge < -0.3 is 5.32 Å². The largest absolute Gasteiger partial charge is 0.319 e. The summed E-state index contributed by atoms with van der Waals surface area (Å²) in [5.41, 5.74) is 2.70. The molecule has 3 nitrogen and oxygen atoms in total. The molecule has 3 heteroatoms. The molecule has 0 amide bonds. The Balaban J connectivity index is 2.07. The molecule has 2 rings (SSSR count). The van der Waals surface area contributed by atoms with Crippen LogP contribution in [-0.4, -0.2) is 23.4 Å². The molecule has 0 aromatic carbocycles. The molecule has 0 spiro atoms. The van der Waals surface area contributed by atoms with E-state index in [9.17, 15) is 0 Å². The van der Waals surface area contributed by atoms with E-state index < -0.39 is 0 Å². The maximum Gasteiger partial charge on any atom is 0.0624 e. The SMILES string of the molecule is CCc1cc(CC2CCCCC2CNC)n(CC)n1. The fourth-order valence-corrected chi connectivity index (χ4v) is 3.48. The molecule has 0 bridgehead atoms. The highest BCUT2D eigenvalue weighted by molar-refractivity contribution is 5.11. The van der Waals surface area contributed by atoms with Gasteiger partial charge in [0.05, 0.1) is 5.69 Å². The molecular weight excluding hydrogens is 234 g/mol. The fraction of sp³-hybridized carbons (Fsp3) is 0.812. The predicted molar refractivity (Wildman–Crippen MR) is 80.4 cm³/mol. The molecule has 1 aliphatic carbocycles. The summed E-state index contributed by atoms with van der Waals surface area (Å²) in [6, 6.07) is 2.33. The van der Waals surface area contributed by atoms with E-state index in [1.807, 2.05) is 0 Å². The predicted octanol–water partition coefficient (Wildman–Crippen LogP) is 3.03. The Bertz CT molecular complexity index is 381. The molecule has 0 radical (unpaired) electrons. The Labute approximate surface area is 117 Å². The van der Waals surface area contributed by atoms with Gasteiger partial charge in [-0.25, -0.2) is 0 Å². The van der Waals surface area contributed by atoms with Crippen molar-refractivity contribution < 1.29 is 0 Å². The van der Waals surface area contributed by atoms with Crippen molar-refractivity contribution in [2.45, 2.75) is 58.9 Å². The summed E-state index contributed by atoms with van der Waals surface area (Å²) in [6.07, 6.45) is 7.87. The van der Waals surface area contributed by atoms with Gasteiger partial charge in [0.2, 0.25) is 0 Å². The average Bonchev–Trinajstić information content (AvgIpc) is 2.83. The summed E-state index contributed by atoms with van der Waals surface area (Å²) < 4.78 is 2.21. The van der Waals surface area contributed by atoms with Crippen LogP contribution < -0.4 is 5.32 Å². The topological polar surface area (TPSA) is 29.9 Å². The normalized spacial score (nSPS) is 23.7. The quantitative estimate of drug-likeness (QED) is 0.855. The summed E-state index contributed by atoms with van der Waals surface area (Å²) >= 11 is 0. The van der Waals surface area contributed by atoms with Crippen molar-refractivity contribution in [2.24, 2.45) is 11.8 Å². The molecule has 1 aromatic heterocycles. The molecule has 1 saturated carbocycles. The number of nitrogens with one attached hydrogen (secondary N) is 1. The highest BCUT2D eigenvalue weighted by Gasteiger charge is 2.25. The molecule has 108 valence electrons. The van der Waals surface area contributed by atoms with Gasteiger partial charge >= 0.3 is 0 Å². The fourth-order valence-electron chi connectivity index (χ4n) is 3.48. The number of nitrogens with zero attached hydrogens (tertiary/aromatic N) is 2. The van der Waals surface area contributed by atoms with E-state index in [2.05, 4.69) is 42.1 Å².